The molecule has 0 spiro atoms. The fourth-order valence-corrected chi connectivity index (χ4v) is 6.75. The summed E-state index contributed by atoms with van der Waals surface area (Å²) in [4.78, 5) is 12.4. The Hall–Kier alpha value is -0.910. The van der Waals surface area contributed by atoms with Crippen LogP contribution < -0.4 is 5.32 Å². The second-order valence-corrected chi connectivity index (χ2v) is 15.0. The molecule has 0 fully saturated rings. The predicted molar refractivity (Wildman–Crippen MR) is 208 cm³/mol. The van der Waals surface area contributed by atoms with Gasteiger partial charge in [0.25, 0.3) is 0 Å². The van der Waals surface area contributed by atoms with Crippen molar-refractivity contribution >= 4 is 5.91 Å². The standard InChI is InChI=1S/C43H85NO4/c1-3-5-7-9-11-13-15-16-17-18-19-20-21-22-23-24-25-26-27-29-31-33-35-37-42(47)41(39-45)44-43(48)38-40(46)36-34-32-30-28-14-12-10-8-6-4-2/h12,14,40-42,45-47H,3-11,13,15-39H2,1-2H3,(H,44,48)/b14-12-. The van der Waals surface area contributed by atoms with Crippen LogP contribution in [-0.2, 0) is 4.79 Å². The Kier molecular flexibility index (Phi) is 38.1. The molecule has 5 nitrogen and oxygen atoms in total. The Labute approximate surface area is 299 Å². The molecule has 0 bridgehead atoms. The maximum absolute atomic E-state index is 12.4. The molecule has 0 saturated heterocycles. The summed E-state index contributed by atoms with van der Waals surface area (Å²) in [5.41, 5.74) is 0. The number of aliphatic hydroxyl groups excluding tert-OH is 3. The molecule has 0 aliphatic rings. The molecule has 0 aromatic carbocycles. The van der Waals surface area contributed by atoms with E-state index in [1.807, 2.05) is 0 Å². The number of allylic oxidation sites excluding steroid dienone is 2. The molecule has 0 aliphatic heterocycles. The summed E-state index contributed by atoms with van der Waals surface area (Å²) < 4.78 is 0. The third-order valence-corrected chi connectivity index (χ3v) is 10.1. The summed E-state index contributed by atoms with van der Waals surface area (Å²) in [5.74, 6) is -0.292. The molecular weight excluding hydrogens is 594 g/mol. The van der Waals surface area contributed by atoms with E-state index in [-0.39, 0.29) is 18.9 Å². The zero-order valence-electron chi connectivity index (χ0n) is 32.4. The molecule has 286 valence electrons. The van der Waals surface area contributed by atoms with Gasteiger partial charge in [-0.1, -0.05) is 199 Å². The number of nitrogens with one attached hydrogen (secondary N) is 1. The quantitative estimate of drug-likeness (QED) is 0.0384. The molecule has 0 aliphatic carbocycles. The summed E-state index contributed by atoms with van der Waals surface area (Å²) in [6, 6.07) is -0.659. The van der Waals surface area contributed by atoms with E-state index in [0.717, 1.165) is 38.5 Å². The molecule has 0 aromatic rings. The lowest BCUT2D eigenvalue weighted by molar-refractivity contribution is -0.125. The average molecular weight is 680 g/mol. The molecule has 4 N–H and O–H groups in total. The minimum absolute atomic E-state index is 0.0278. The Balaban J connectivity index is 3.55. The SMILES string of the molecule is CCCCC/C=C\CCCCCC(O)CC(=O)NC(CO)C(O)CCCCCCCCCCCCCCCCCCCCCCCCC. The van der Waals surface area contributed by atoms with Gasteiger partial charge in [0.1, 0.15) is 0 Å². The lowest BCUT2D eigenvalue weighted by atomic mass is 10.0. The maximum atomic E-state index is 12.4. The summed E-state index contributed by atoms with van der Waals surface area (Å²) in [5, 5.41) is 33.3. The number of rotatable bonds is 39. The first-order valence-corrected chi connectivity index (χ1v) is 21.5. The van der Waals surface area contributed by atoms with Crippen LogP contribution in [0.4, 0.5) is 0 Å². The summed E-state index contributed by atoms with van der Waals surface area (Å²) >= 11 is 0. The maximum Gasteiger partial charge on any atom is 0.222 e. The van der Waals surface area contributed by atoms with Crippen molar-refractivity contribution < 1.29 is 20.1 Å². The number of amides is 1. The highest BCUT2D eigenvalue weighted by molar-refractivity contribution is 5.76. The minimum atomic E-state index is -0.749. The molecule has 0 heterocycles. The van der Waals surface area contributed by atoms with Crippen molar-refractivity contribution in [1.29, 1.82) is 0 Å². The third-order valence-electron chi connectivity index (χ3n) is 10.1. The van der Waals surface area contributed by atoms with Crippen LogP contribution >= 0.6 is 0 Å². The summed E-state index contributed by atoms with van der Waals surface area (Å²) in [6.07, 6.45) is 44.7. The van der Waals surface area contributed by atoms with Gasteiger partial charge in [0.15, 0.2) is 0 Å². The number of hydrogen-bond acceptors (Lipinski definition) is 4. The molecule has 1 amide bonds. The van der Waals surface area contributed by atoms with E-state index in [4.69, 9.17) is 0 Å². The van der Waals surface area contributed by atoms with Crippen molar-refractivity contribution in [2.45, 2.75) is 250 Å². The molecular formula is C43H85NO4. The molecule has 0 aromatic heterocycles. The summed E-state index contributed by atoms with van der Waals surface area (Å²) in [7, 11) is 0. The highest BCUT2D eigenvalue weighted by atomic mass is 16.3. The molecule has 3 unspecified atom stereocenters. The van der Waals surface area contributed by atoms with Gasteiger partial charge < -0.3 is 20.6 Å². The fraction of sp³-hybridized carbons (Fsp3) is 0.930. The fourth-order valence-electron chi connectivity index (χ4n) is 6.75. The van der Waals surface area contributed by atoms with Crippen LogP contribution in [0.2, 0.25) is 0 Å². The van der Waals surface area contributed by atoms with Crippen molar-refractivity contribution in [2.75, 3.05) is 6.61 Å². The van der Waals surface area contributed by atoms with Crippen LogP contribution in [0.5, 0.6) is 0 Å². The molecule has 0 rings (SSSR count). The van der Waals surface area contributed by atoms with Crippen LogP contribution in [0.15, 0.2) is 12.2 Å². The van der Waals surface area contributed by atoms with Gasteiger partial charge in [-0.15, -0.1) is 0 Å². The molecule has 0 radical (unpaired) electrons. The molecule has 0 saturated carbocycles. The first-order valence-electron chi connectivity index (χ1n) is 21.5. The van der Waals surface area contributed by atoms with Gasteiger partial charge in [0.2, 0.25) is 5.91 Å². The van der Waals surface area contributed by atoms with Gasteiger partial charge in [-0.25, -0.2) is 0 Å². The van der Waals surface area contributed by atoms with Crippen LogP contribution in [-0.4, -0.2) is 46.1 Å². The largest absolute Gasteiger partial charge is 0.394 e. The van der Waals surface area contributed by atoms with Crippen molar-refractivity contribution in [3.8, 4) is 0 Å². The molecule has 48 heavy (non-hydrogen) atoms. The van der Waals surface area contributed by atoms with E-state index in [2.05, 4.69) is 31.3 Å². The van der Waals surface area contributed by atoms with Crippen LogP contribution in [0.1, 0.15) is 232 Å². The highest BCUT2D eigenvalue weighted by Gasteiger charge is 2.21. The second-order valence-electron chi connectivity index (χ2n) is 15.0. The lowest BCUT2D eigenvalue weighted by Gasteiger charge is -2.23. The predicted octanol–water partition coefficient (Wildman–Crippen LogP) is 12.0. The lowest BCUT2D eigenvalue weighted by Crippen LogP contribution is -2.46. The monoisotopic (exact) mass is 680 g/mol. The van der Waals surface area contributed by atoms with Gasteiger partial charge >= 0.3 is 0 Å². The van der Waals surface area contributed by atoms with Gasteiger partial charge in [-0.2, -0.15) is 0 Å². The van der Waals surface area contributed by atoms with Crippen molar-refractivity contribution in [3.63, 3.8) is 0 Å². The van der Waals surface area contributed by atoms with Crippen molar-refractivity contribution in [3.05, 3.63) is 12.2 Å². The van der Waals surface area contributed by atoms with E-state index in [1.165, 1.54) is 161 Å². The zero-order valence-corrected chi connectivity index (χ0v) is 32.4. The van der Waals surface area contributed by atoms with Gasteiger partial charge in [0, 0.05) is 0 Å². The van der Waals surface area contributed by atoms with Gasteiger partial charge in [-0.05, 0) is 38.5 Å². The Morgan fingerprint density at radius 1 is 0.500 bits per heavy atom. The number of unbranched alkanes of at least 4 members (excludes halogenated alkanes) is 28. The first-order chi connectivity index (χ1) is 23.5. The van der Waals surface area contributed by atoms with Crippen LogP contribution in [0, 0.1) is 0 Å². The Bertz CT molecular complexity index is 669. The normalized spacial score (nSPS) is 13.7. The van der Waals surface area contributed by atoms with Gasteiger partial charge in [0.05, 0.1) is 31.3 Å². The third kappa shape index (κ3) is 34.9. The van der Waals surface area contributed by atoms with E-state index < -0.39 is 18.2 Å². The van der Waals surface area contributed by atoms with E-state index in [9.17, 15) is 20.1 Å². The Morgan fingerprint density at radius 2 is 0.833 bits per heavy atom. The topological polar surface area (TPSA) is 89.8 Å². The number of carbonyl (C=O) groups excluding carboxylic acids is 1. The van der Waals surface area contributed by atoms with Crippen LogP contribution in [0.25, 0.3) is 0 Å². The zero-order chi connectivity index (χ0) is 35.2. The number of hydrogen-bond donors (Lipinski definition) is 4. The summed E-state index contributed by atoms with van der Waals surface area (Å²) in [6.45, 7) is 4.23. The minimum Gasteiger partial charge on any atom is -0.394 e. The number of carbonyl (C=O) groups is 1. The highest BCUT2D eigenvalue weighted by Crippen LogP contribution is 2.16. The van der Waals surface area contributed by atoms with Crippen molar-refractivity contribution in [1.82, 2.24) is 5.32 Å². The number of aliphatic hydroxyl groups is 3. The first kappa shape index (κ1) is 47.1. The smallest absolute Gasteiger partial charge is 0.222 e. The van der Waals surface area contributed by atoms with Crippen molar-refractivity contribution in [2.24, 2.45) is 0 Å². The van der Waals surface area contributed by atoms with E-state index in [0.29, 0.717) is 12.8 Å². The van der Waals surface area contributed by atoms with E-state index in [1.54, 1.807) is 0 Å². The molecule has 5 heteroatoms. The average Bonchev–Trinajstić information content (AvgIpc) is 3.08. The molecule has 3 atom stereocenters. The Morgan fingerprint density at radius 3 is 1.25 bits per heavy atom. The van der Waals surface area contributed by atoms with Crippen LogP contribution in [0.3, 0.4) is 0 Å². The van der Waals surface area contributed by atoms with Gasteiger partial charge in [-0.3, -0.25) is 4.79 Å². The second kappa shape index (κ2) is 38.9. The van der Waals surface area contributed by atoms with E-state index >= 15 is 0 Å².